The third-order valence-corrected chi connectivity index (χ3v) is 2.04. The third-order valence-electron chi connectivity index (χ3n) is 1.49. The number of hydrogen-bond donors (Lipinski definition) is 2. The number of nitrogens with one attached hydrogen (secondary N) is 1. The van der Waals surface area contributed by atoms with Gasteiger partial charge in [-0.2, -0.15) is 0 Å². The summed E-state index contributed by atoms with van der Waals surface area (Å²) in [5, 5.41) is 12.1. The van der Waals surface area contributed by atoms with E-state index in [1.54, 1.807) is 6.07 Å². The largest absolute Gasteiger partial charge is 0.507 e. The molecule has 2 unspecified atom stereocenters. The lowest BCUT2D eigenvalue weighted by molar-refractivity contribution is 0.0762. The Morgan fingerprint density at radius 2 is 2.23 bits per heavy atom. The zero-order chi connectivity index (χ0) is 9.84. The van der Waals surface area contributed by atoms with Gasteiger partial charge in [-0.15, -0.1) is 0 Å². The van der Waals surface area contributed by atoms with E-state index in [1.165, 1.54) is 12.1 Å². The van der Waals surface area contributed by atoms with Crippen molar-refractivity contribution in [3.8, 4) is 5.75 Å². The van der Waals surface area contributed by atoms with E-state index in [2.05, 4.69) is 19.0 Å². The highest BCUT2D eigenvalue weighted by Gasteiger charge is 2.10. The number of phenolic OH excluding ortho intramolecular Hbond substituents is 1. The van der Waals surface area contributed by atoms with Crippen molar-refractivity contribution in [3.05, 3.63) is 23.8 Å². The lowest BCUT2D eigenvalue weighted by Gasteiger charge is -2.04. The Labute approximate surface area is 80.2 Å². The van der Waals surface area contributed by atoms with Crippen LogP contribution in [0.15, 0.2) is 18.2 Å². The Bertz CT molecular complexity index is 330. The molecule has 0 saturated carbocycles. The second-order valence-corrected chi connectivity index (χ2v) is 2.81. The zero-order valence-electron chi connectivity index (χ0n) is 6.65. The molecule has 0 aliphatic carbocycles. The summed E-state index contributed by atoms with van der Waals surface area (Å²) in [7, 11) is 4.12. The quantitative estimate of drug-likeness (QED) is 0.737. The Balaban J connectivity index is 3.05. The van der Waals surface area contributed by atoms with Gasteiger partial charge in [0.2, 0.25) is 0 Å². The molecule has 0 aliphatic heterocycles. The molecular weight excluding hydrogens is 208 g/mol. The molecule has 0 fully saturated rings. The monoisotopic (exact) mass is 217 g/mol. The van der Waals surface area contributed by atoms with Gasteiger partial charge in [-0.3, -0.25) is 0 Å². The average Bonchev–Trinajstić information content (AvgIpc) is 2.16. The minimum atomic E-state index is -0.585. The fourth-order valence-electron chi connectivity index (χ4n) is 0.858. The van der Waals surface area contributed by atoms with Crippen LogP contribution in [0, 0.1) is 0 Å². The molecule has 0 amide bonds. The van der Waals surface area contributed by atoms with Gasteiger partial charge in [0.25, 0.3) is 0 Å². The van der Waals surface area contributed by atoms with Crippen LogP contribution < -0.4 is 5.09 Å². The van der Waals surface area contributed by atoms with Crippen LogP contribution in [0.4, 0.5) is 5.69 Å². The van der Waals surface area contributed by atoms with Gasteiger partial charge in [-0.25, -0.2) is 4.79 Å². The van der Waals surface area contributed by atoms with E-state index in [9.17, 15) is 9.90 Å². The molecule has 2 N–H and O–H groups in total. The molecule has 4 nitrogen and oxygen atoms in total. The number of carbonyl (C=O) groups excluding carboxylic acids is 1. The van der Waals surface area contributed by atoms with Crippen molar-refractivity contribution in [1.29, 1.82) is 0 Å². The third kappa shape index (κ3) is 2.30. The molecule has 0 radical (unpaired) electrons. The molecule has 0 saturated heterocycles. The van der Waals surface area contributed by atoms with Crippen molar-refractivity contribution in [2.75, 3.05) is 5.09 Å². The van der Waals surface area contributed by atoms with Crippen LogP contribution in [0.3, 0.4) is 0 Å². The molecule has 1 aromatic carbocycles. The summed E-state index contributed by atoms with van der Waals surface area (Å²) in [6.07, 6.45) is 0. The van der Waals surface area contributed by atoms with Crippen LogP contribution in [0.2, 0.25) is 0 Å². The predicted octanol–water partition coefficient (Wildman–Crippen LogP) is 1.54. The van der Waals surface area contributed by atoms with Gasteiger partial charge < -0.3 is 14.7 Å². The maximum Gasteiger partial charge on any atom is 0.344 e. The van der Waals surface area contributed by atoms with Crippen LogP contribution in [-0.4, -0.2) is 11.1 Å². The standard InChI is InChI=1S/C7H9NO3P2/c9-6-3-4(8-12)1-2-5(6)7(10)11-13/h1-3,8-9H,12-13H2. The van der Waals surface area contributed by atoms with Gasteiger partial charge in [-0.1, -0.05) is 0 Å². The summed E-state index contributed by atoms with van der Waals surface area (Å²) >= 11 is 0. The van der Waals surface area contributed by atoms with E-state index >= 15 is 0 Å². The van der Waals surface area contributed by atoms with Crippen molar-refractivity contribution in [1.82, 2.24) is 0 Å². The van der Waals surface area contributed by atoms with Gasteiger partial charge in [-0.05, 0) is 21.5 Å². The number of rotatable bonds is 2. The van der Waals surface area contributed by atoms with Crippen molar-refractivity contribution in [2.24, 2.45) is 0 Å². The van der Waals surface area contributed by atoms with Crippen molar-refractivity contribution in [2.45, 2.75) is 0 Å². The lowest BCUT2D eigenvalue weighted by Crippen LogP contribution is -1.98. The Kier molecular flexibility index (Phi) is 3.47. The van der Waals surface area contributed by atoms with Crippen LogP contribution in [0.25, 0.3) is 0 Å². The molecule has 0 aromatic heterocycles. The van der Waals surface area contributed by atoms with E-state index < -0.39 is 5.97 Å². The summed E-state index contributed by atoms with van der Waals surface area (Å²) in [5.41, 5.74) is 0.835. The fourth-order valence-corrected chi connectivity index (χ4v) is 1.16. The Morgan fingerprint density at radius 3 is 2.69 bits per heavy atom. The number of aromatic hydroxyl groups is 1. The minimum Gasteiger partial charge on any atom is -0.507 e. The molecule has 2 atom stereocenters. The van der Waals surface area contributed by atoms with Gasteiger partial charge in [0.05, 0.1) is 9.47 Å². The number of phenols is 1. The normalized spacial score (nSPS) is 9.38. The summed E-state index contributed by atoms with van der Waals surface area (Å²) in [6.45, 7) is 0. The number of hydrogen-bond acceptors (Lipinski definition) is 4. The summed E-state index contributed by atoms with van der Waals surface area (Å²) < 4.78 is 4.38. The topological polar surface area (TPSA) is 58.6 Å². The molecule has 1 aromatic rings. The first kappa shape index (κ1) is 10.2. The zero-order valence-corrected chi connectivity index (χ0v) is 8.96. The van der Waals surface area contributed by atoms with Crippen molar-refractivity contribution >= 4 is 30.5 Å². The van der Waals surface area contributed by atoms with Gasteiger partial charge in [0.15, 0.2) is 0 Å². The first-order valence-corrected chi connectivity index (χ1v) is 4.44. The van der Waals surface area contributed by atoms with E-state index in [0.29, 0.717) is 5.69 Å². The average molecular weight is 217 g/mol. The van der Waals surface area contributed by atoms with E-state index in [0.717, 1.165) is 0 Å². The first-order chi connectivity index (χ1) is 6.19. The number of anilines is 1. The summed E-state index contributed by atoms with van der Waals surface area (Å²) in [5.74, 6) is -0.697. The Morgan fingerprint density at radius 1 is 1.54 bits per heavy atom. The highest BCUT2D eigenvalue weighted by Crippen LogP contribution is 2.23. The van der Waals surface area contributed by atoms with Crippen LogP contribution in [-0.2, 0) is 4.52 Å². The van der Waals surface area contributed by atoms with Crippen LogP contribution >= 0.6 is 18.9 Å². The summed E-state index contributed by atoms with van der Waals surface area (Å²) in [6, 6.07) is 4.57. The van der Waals surface area contributed by atoms with Crippen molar-refractivity contribution in [3.63, 3.8) is 0 Å². The molecule has 0 heterocycles. The molecule has 0 aliphatic rings. The highest BCUT2D eigenvalue weighted by molar-refractivity contribution is 7.18. The first-order valence-electron chi connectivity index (χ1n) is 3.39. The van der Waals surface area contributed by atoms with E-state index in [-0.39, 0.29) is 11.3 Å². The molecule has 70 valence electrons. The van der Waals surface area contributed by atoms with Crippen LogP contribution in [0.1, 0.15) is 10.4 Å². The number of carbonyl (C=O) groups is 1. The second kappa shape index (κ2) is 4.40. The lowest BCUT2D eigenvalue weighted by atomic mass is 10.2. The van der Waals surface area contributed by atoms with Crippen molar-refractivity contribution < 1.29 is 14.4 Å². The number of benzene rings is 1. The molecule has 13 heavy (non-hydrogen) atoms. The molecular formula is C7H9NO3P2. The molecule has 0 spiro atoms. The molecule has 6 heteroatoms. The van der Waals surface area contributed by atoms with E-state index in [1.807, 2.05) is 9.47 Å². The fraction of sp³-hybridized carbons (Fsp3) is 0. The molecule has 1 rings (SSSR count). The minimum absolute atomic E-state index is 0.111. The smallest absolute Gasteiger partial charge is 0.344 e. The molecule has 0 bridgehead atoms. The maximum absolute atomic E-state index is 11.0. The summed E-state index contributed by atoms with van der Waals surface area (Å²) in [4.78, 5) is 11.0. The van der Waals surface area contributed by atoms with Gasteiger partial charge >= 0.3 is 5.97 Å². The Hall–Kier alpha value is -0.850. The predicted molar refractivity (Wildman–Crippen MR) is 56.6 cm³/mol. The van der Waals surface area contributed by atoms with E-state index in [4.69, 9.17) is 0 Å². The van der Waals surface area contributed by atoms with Crippen LogP contribution in [0.5, 0.6) is 5.75 Å². The van der Waals surface area contributed by atoms with Gasteiger partial charge in [0.1, 0.15) is 11.3 Å². The second-order valence-electron chi connectivity index (χ2n) is 2.28. The highest BCUT2D eigenvalue weighted by atomic mass is 31.0. The van der Waals surface area contributed by atoms with Gasteiger partial charge in [0, 0.05) is 11.8 Å². The maximum atomic E-state index is 11.0. The SMILES string of the molecule is O=C(OP)c1ccc(NP)cc1O.